The molecular weight excluding hydrogens is 685 g/mol. The molecule has 53 heavy (non-hydrogen) atoms. The molecule has 0 radical (unpaired) electrons. The Bertz CT molecular complexity index is 822. The van der Waals surface area contributed by atoms with Gasteiger partial charge < -0.3 is 27.9 Å². The fourth-order valence-electron chi connectivity index (χ4n) is 6.61. The topological polar surface area (TPSA) is 94.1 Å². The summed E-state index contributed by atoms with van der Waals surface area (Å²) >= 11 is 0. The van der Waals surface area contributed by atoms with Crippen LogP contribution in [0.15, 0.2) is 0 Å². The van der Waals surface area contributed by atoms with E-state index < -0.39 is 13.9 Å². The minimum atomic E-state index is -4.51. The molecule has 0 aromatic carbocycles. The van der Waals surface area contributed by atoms with Crippen LogP contribution in [0.5, 0.6) is 0 Å². The number of carbonyl (C=O) groups is 1. The number of hydrogen-bond acceptors (Lipinski definition) is 7. The van der Waals surface area contributed by atoms with Crippen molar-refractivity contribution in [2.75, 3.05) is 54.1 Å². The van der Waals surface area contributed by atoms with Crippen molar-refractivity contribution >= 4 is 13.8 Å². The summed E-state index contributed by atoms with van der Waals surface area (Å²) < 4.78 is 34.4. The third-order valence-corrected chi connectivity index (χ3v) is 11.1. The summed E-state index contributed by atoms with van der Waals surface area (Å²) in [6.45, 7) is 5.42. The summed E-state index contributed by atoms with van der Waals surface area (Å²) in [5.74, 6) is -0.336. The highest BCUT2D eigenvalue weighted by atomic mass is 31.2. The summed E-state index contributed by atoms with van der Waals surface area (Å²) in [6, 6.07) is 0. The lowest BCUT2D eigenvalue weighted by atomic mass is 10.0. The second-order valence-electron chi connectivity index (χ2n) is 16.8. The number of rotatable bonds is 43. The first kappa shape index (κ1) is 52.5. The van der Waals surface area contributed by atoms with E-state index >= 15 is 0 Å². The standard InChI is InChI=1S/C44H90NO7P/c1-6-8-10-12-14-15-16-17-18-19-20-21-22-23-24-25-26-27-28-29-30-32-34-36-39-49-41-43(42-51-53(47,48)50-40-38-45(3,4)5)52-44(46)37-35-33-31-13-11-9-7-2/h43H,6-42H2,1-5H3. The van der Waals surface area contributed by atoms with Gasteiger partial charge in [0, 0.05) is 13.0 Å². The van der Waals surface area contributed by atoms with Gasteiger partial charge in [-0.1, -0.05) is 200 Å². The lowest BCUT2D eigenvalue weighted by Crippen LogP contribution is -2.37. The minimum absolute atomic E-state index is 0.0308. The van der Waals surface area contributed by atoms with E-state index in [4.69, 9.17) is 18.5 Å². The van der Waals surface area contributed by atoms with Gasteiger partial charge in [0.25, 0.3) is 7.82 Å². The molecule has 8 nitrogen and oxygen atoms in total. The van der Waals surface area contributed by atoms with Crippen LogP contribution in [0.3, 0.4) is 0 Å². The Labute approximate surface area is 329 Å². The van der Waals surface area contributed by atoms with Crippen molar-refractivity contribution in [3.05, 3.63) is 0 Å². The van der Waals surface area contributed by atoms with Crippen LogP contribution in [0.4, 0.5) is 0 Å². The lowest BCUT2D eigenvalue weighted by molar-refractivity contribution is -0.870. The SMILES string of the molecule is CCCCCCCCCCCCCCCCCCCCCCCCCCOCC(COP(=O)([O-])OCC[N+](C)(C)C)OC(=O)CCCCCCCCC. The molecule has 0 saturated heterocycles. The molecule has 0 spiro atoms. The van der Waals surface area contributed by atoms with Gasteiger partial charge >= 0.3 is 5.97 Å². The fraction of sp³-hybridized carbons (Fsp3) is 0.977. The largest absolute Gasteiger partial charge is 0.756 e. The van der Waals surface area contributed by atoms with E-state index in [0.29, 0.717) is 24.1 Å². The number of likely N-dealkylation sites (N-methyl/N-ethyl adjacent to an activating group) is 1. The summed E-state index contributed by atoms with van der Waals surface area (Å²) in [7, 11) is 1.37. The van der Waals surface area contributed by atoms with Gasteiger partial charge in [-0.25, -0.2) is 0 Å². The Morgan fingerprint density at radius 1 is 0.509 bits per heavy atom. The Balaban J connectivity index is 3.91. The number of nitrogens with zero attached hydrogens (tertiary/aromatic N) is 1. The first-order valence-electron chi connectivity index (χ1n) is 22.8. The molecule has 0 bridgehead atoms. The van der Waals surface area contributed by atoms with Gasteiger partial charge in [0.2, 0.25) is 0 Å². The highest BCUT2D eigenvalue weighted by molar-refractivity contribution is 7.45. The Morgan fingerprint density at radius 2 is 0.868 bits per heavy atom. The van der Waals surface area contributed by atoms with Gasteiger partial charge in [0.05, 0.1) is 34.4 Å². The van der Waals surface area contributed by atoms with E-state index in [1.54, 1.807) is 0 Å². The van der Waals surface area contributed by atoms with Gasteiger partial charge in [0.15, 0.2) is 0 Å². The molecule has 0 amide bonds. The van der Waals surface area contributed by atoms with E-state index in [0.717, 1.165) is 32.1 Å². The normalized spacial score (nSPS) is 13.7. The van der Waals surface area contributed by atoms with Crippen LogP contribution in [-0.4, -0.2) is 70.7 Å². The molecule has 0 aliphatic carbocycles. The van der Waals surface area contributed by atoms with Crippen LogP contribution < -0.4 is 4.89 Å². The average Bonchev–Trinajstić information content (AvgIpc) is 3.11. The van der Waals surface area contributed by atoms with Crippen molar-refractivity contribution in [3.63, 3.8) is 0 Å². The van der Waals surface area contributed by atoms with Gasteiger partial charge in [-0.05, 0) is 12.8 Å². The third-order valence-electron chi connectivity index (χ3n) is 10.2. The van der Waals surface area contributed by atoms with Crippen LogP contribution in [0.2, 0.25) is 0 Å². The van der Waals surface area contributed by atoms with Gasteiger partial charge in [-0.15, -0.1) is 0 Å². The molecule has 0 rings (SSSR count). The summed E-state index contributed by atoms with van der Waals surface area (Å²) in [5, 5.41) is 0. The molecule has 0 aromatic heterocycles. The first-order valence-corrected chi connectivity index (χ1v) is 24.2. The third kappa shape index (κ3) is 42.5. The predicted molar refractivity (Wildman–Crippen MR) is 222 cm³/mol. The molecule has 0 N–H and O–H groups in total. The number of quaternary nitrogens is 1. The minimum Gasteiger partial charge on any atom is -0.756 e. The maximum atomic E-state index is 12.5. The number of ether oxygens (including phenoxy) is 2. The Kier molecular flexibility index (Phi) is 38.0. The van der Waals surface area contributed by atoms with Crippen molar-refractivity contribution in [3.8, 4) is 0 Å². The number of hydrogen-bond donors (Lipinski definition) is 0. The van der Waals surface area contributed by atoms with Crippen LogP contribution >= 0.6 is 7.82 Å². The molecule has 318 valence electrons. The molecule has 9 heteroatoms. The second-order valence-corrected chi connectivity index (χ2v) is 18.2. The van der Waals surface area contributed by atoms with Crippen molar-refractivity contribution in [1.29, 1.82) is 0 Å². The molecule has 0 saturated carbocycles. The molecule has 2 atom stereocenters. The zero-order valence-electron chi connectivity index (χ0n) is 36.0. The number of carbonyl (C=O) groups excluding carboxylic acids is 1. The summed E-state index contributed by atoms with van der Waals surface area (Å²) in [5.41, 5.74) is 0. The van der Waals surface area contributed by atoms with Gasteiger partial charge in [-0.3, -0.25) is 9.36 Å². The van der Waals surface area contributed by atoms with Crippen molar-refractivity contribution in [1.82, 2.24) is 0 Å². The zero-order chi connectivity index (χ0) is 39.1. The van der Waals surface area contributed by atoms with E-state index in [-0.39, 0.29) is 25.8 Å². The number of phosphoric ester groups is 1. The first-order chi connectivity index (χ1) is 25.6. The van der Waals surface area contributed by atoms with Gasteiger partial charge in [0.1, 0.15) is 19.3 Å². The molecule has 0 heterocycles. The monoisotopic (exact) mass is 776 g/mol. The van der Waals surface area contributed by atoms with Crippen molar-refractivity contribution < 1.29 is 37.3 Å². The van der Waals surface area contributed by atoms with E-state index in [1.165, 1.54) is 167 Å². The molecule has 0 aliphatic heterocycles. The number of esters is 1. The lowest BCUT2D eigenvalue weighted by Gasteiger charge is -2.28. The quantitative estimate of drug-likeness (QED) is 0.0263. The summed E-state index contributed by atoms with van der Waals surface area (Å²) in [4.78, 5) is 24.8. The van der Waals surface area contributed by atoms with Crippen molar-refractivity contribution in [2.24, 2.45) is 0 Å². The predicted octanol–water partition coefficient (Wildman–Crippen LogP) is 12.6. The van der Waals surface area contributed by atoms with Crippen LogP contribution in [-0.2, 0) is 27.9 Å². The highest BCUT2D eigenvalue weighted by Crippen LogP contribution is 2.38. The number of unbranched alkanes of at least 4 members (excludes halogenated alkanes) is 29. The second kappa shape index (κ2) is 38.4. The Hall–Kier alpha value is -0.500. The average molecular weight is 776 g/mol. The van der Waals surface area contributed by atoms with E-state index in [1.807, 2.05) is 21.1 Å². The molecule has 0 aliphatic rings. The maximum Gasteiger partial charge on any atom is 0.306 e. The maximum absolute atomic E-state index is 12.5. The van der Waals surface area contributed by atoms with Crippen LogP contribution in [0.1, 0.15) is 219 Å². The molecule has 2 unspecified atom stereocenters. The molecule has 0 aromatic rings. The number of phosphoric acid groups is 1. The smallest absolute Gasteiger partial charge is 0.306 e. The van der Waals surface area contributed by atoms with Gasteiger partial charge in [-0.2, -0.15) is 0 Å². The fourth-order valence-corrected chi connectivity index (χ4v) is 7.34. The van der Waals surface area contributed by atoms with Crippen LogP contribution in [0.25, 0.3) is 0 Å². The van der Waals surface area contributed by atoms with E-state index in [2.05, 4.69) is 13.8 Å². The highest BCUT2D eigenvalue weighted by Gasteiger charge is 2.20. The van der Waals surface area contributed by atoms with Crippen molar-refractivity contribution in [2.45, 2.75) is 225 Å². The van der Waals surface area contributed by atoms with E-state index in [9.17, 15) is 14.3 Å². The Morgan fingerprint density at radius 3 is 1.25 bits per heavy atom. The summed E-state index contributed by atoms with van der Waals surface area (Å²) in [6.07, 6.45) is 40.1. The molecular formula is C44H90NO7P. The zero-order valence-corrected chi connectivity index (χ0v) is 36.9. The van der Waals surface area contributed by atoms with Crippen LogP contribution in [0, 0.1) is 0 Å². The molecule has 0 fully saturated rings.